The van der Waals surface area contributed by atoms with Crippen LogP contribution in [0.5, 0.6) is 0 Å². The fraction of sp³-hybridized carbons (Fsp3) is 0.286. The fourth-order valence-corrected chi connectivity index (χ4v) is 4.99. The molecule has 0 radical (unpaired) electrons. The van der Waals surface area contributed by atoms with Gasteiger partial charge in [0.05, 0.1) is 6.61 Å². The summed E-state index contributed by atoms with van der Waals surface area (Å²) >= 11 is 1.34. The van der Waals surface area contributed by atoms with Crippen LogP contribution in [0.15, 0.2) is 52.4 Å². The lowest BCUT2D eigenvalue weighted by Crippen LogP contribution is -2.33. The molecule has 0 spiro atoms. The maximum atomic E-state index is 12.4. The molecule has 1 aliphatic heterocycles. The van der Waals surface area contributed by atoms with Crippen molar-refractivity contribution >= 4 is 39.6 Å². The second-order valence-electron chi connectivity index (χ2n) is 7.54. The van der Waals surface area contributed by atoms with Gasteiger partial charge in [0.25, 0.3) is 5.56 Å². The van der Waals surface area contributed by atoms with Gasteiger partial charge in [-0.2, -0.15) is 4.98 Å². The van der Waals surface area contributed by atoms with Crippen molar-refractivity contribution < 1.29 is 20.1 Å². The van der Waals surface area contributed by atoms with Crippen molar-refractivity contribution in [3.05, 3.63) is 58.4 Å². The van der Waals surface area contributed by atoms with E-state index in [-0.39, 0.29) is 17.1 Å². The lowest BCUT2D eigenvalue weighted by Gasteiger charge is -2.19. The Morgan fingerprint density at radius 2 is 1.91 bits per heavy atom. The molecule has 2 aromatic heterocycles. The molecule has 2 aromatic carbocycles. The molecule has 0 amide bonds. The summed E-state index contributed by atoms with van der Waals surface area (Å²) in [5, 5.41) is 32.9. The summed E-state index contributed by atoms with van der Waals surface area (Å²) in [6, 6.07) is 14.0. The third-order valence-electron chi connectivity index (χ3n) is 5.54. The summed E-state index contributed by atoms with van der Waals surface area (Å²) < 4.78 is 7.16. The average Bonchev–Trinajstić information content (AvgIpc) is 3.29. The summed E-state index contributed by atoms with van der Waals surface area (Å²) in [5.74, 6) is 0.411. The predicted molar refractivity (Wildman–Crippen MR) is 119 cm³/mol. The number of rotatable bonds is 5. The van der Waals surface area contributed by atoms with Crippen LogP contribution in [0.1, 0.15) is 11.8 Å². The standard InChI is InChI=1S/C21H21N5O5S/c22-20-24-17-14(18(30)25-20)23-21(26(17)19-16(29)15(28)13(8-27)31-19)32-9-11-6-3-5-10-4-1-2-7-12(10)11/h1-7,13,15-16,19,27-29H,8-9H2,(H3,22,24,25,30). The Morgan fingerprint density at radius 1 is 1.12 bits per heavy atom. The number of nitrogens with two attached hydrogens (primary N) is 1. The molecular formula is C21H21N5O5S. The van der Waals surface area contributed by atoms with Crippen LogP contribution in [0.25, 0.3) is 21.9 Å². The lowest BCUT2D eigenvalue weighted by atomic mass is 10.1. The van der Waals surface area contributed by atoms with E-state index in [1.165, 1.54) is 16.3 Å². The molecule has 11 heteroatoms. The number of imidazole rings is 1. The molecular weight excluding hydrogens is 434 g/mol. The van der Waals surface area contributed by atoms with Gasteiger partial charge >= 0.3 is 0 Å². The zero-order valence-corrected chi connectivity index (χ0v) is 17.6. The van der Waals surface area contributed by atoms with Crippen LogP contribution in [0.3, 0.4) is 0 Å². The van der Waals surface area contributed by atoms with Crippen molar-refractivity contribution in [2.45, 2.75) is 35.4 Å². The summed E-state index contributed by atoms with van der Waals surface area (Å²) in [6.45, 7) is -0.476. The van der Waals surface area contributed by atoms with Gasteiger partial charge in [-0.3, -0.25) is 14.3 Å². The van der Waals surface area contributed by atoms with Gasteiger partial charge < -0.3 is 25.8 Å². The number of aliphatic hydroxyl groups excluding tert-OH is 3. The van der Waals surface area contributed by atoms with Crippen molar-refractivity contribution in [3.8, 4) is 0 Å². The number of nitrogens with one attached hydrogen (secondary N) is 1. The van der Waals surface area contributed by atoms with Gasteiger partial charge in [-0.15, -0.1) is 0 Å². The molecule has 10 nitrogen and oxygen atoms in total. The number of aromatic amines is 1. The molecule has 1 fully saturated rings. The normalized spacial score (nSPS) is 23.3. The highest BCUT2D eigenvalue weighted by atomic mass is 32.2. The number of ether oxygens (including phenoxy) is 1. The van der Waals surface area contributed by atoms with Crippen molar-refractivity contribution in [2.24, 2.45) is 0 Å². The number of nitrogens with zero attached hydrogens (tertiary/aromatic N) is 3. The SMILES string of the molecule is Nc1nc2c(nc(SCc3cccc4ccccc34)n2C2OC(CO)C(O)C2O)c(=O)[nH]1. The quantitative estimate of drug-likeness (QED) is 0.274. The van der Waals surface area contributed by atoms with Crippen molar-refractivity contribution in [3.63, 3.8) is 0 Å². The number of thioether (sulfide) groups is 1. The van der Waals surface area contributed by atoms with Crippen LogP contribution in [-0.2, 0) is 10.5 Å². The largest absolute Gasteiger partial charge is 0.394 e. The molecule has 166 valence electrons. The summed E-state index contributed by atoms with van der Waals surface area (Å²) in [7, 11) is 0. The molecule has 1 saturated heterocycles. The molecule has 4 atom stereocenters. The third kappa shape index (κ3) is 3.44. The molecule has 32 heavy (non-hydrogen) atoms. The second-order valence-corrected chi connectivity index (χ2v) is 8.49. The Hall–Kier alpha value is -2.96. The molecule has 0 saturated carbocycles. The number of aliphatic hydroxyl groups is 3. The highest BCUT2D eigenvalue weighted by Crippen LogP contribution is 2.36. The van der Waals surface area contributed by atoms with Gasteiger partial charge in [0.15, 0.2) is 22.5 Å². The Balaban J connectivity index is 1.59. The first-order chi connectivity index (χ1) is 15.5. The molecule has 6 N–H and O–H groups in total. The number of aromatic nitrogens is 4. The van der Waals surface area contributed by atoms with Gasteiger partial charge in [0.1, 0.15) is 18.3 Å². The van der Waals surface area contributed by atoms with E-state index in [0.717, 1.165) is 16.3 Å². The van der Waals surface area contributed by atoms with E-state index in [1.807, 2.05) is 42.5 Å². The van der Waals surface area contributed by atoms with Crippen molar-refractivity contribution in [1.82, 2.24) is 19.5 Å². The number of fused-ring (bicyclic) bond motifs is 2. The number of hydrogen-bond acceptors (Lipinski definition) is 9. The molecule has 4 aromatic rings. The highest BCUT2D eigenvalue weighted by molar-refractivity contribution is 7.98. The Labute approximate surface area is 185 Å². The average molecular weight is 455 g/mol. The van der Waals surface area contributed by atoms with Crippen LogP contribution < -0.4 is 11.3 Å². The minimum Gasteiger partial charge on any atom is -0.394 e. The van der Waals surface area contributed by atoms with Gasteiger partial charge in [0.2, 0.25) is 5.95 Å². The first-order valence-electron chi connectivity index (χ1n) is 9.97. The number of hydrogen-bond donors (Lipinski definition) is 5. The van der Waals surface area contributed by atoms with Crippen molar-refractivity contribution in [2.75, 3.05) is 12.3 Å². The van der Waals surface area contributed by atoms with E-state index in [4.69, 9.17) is 10.5 Å². The van der Waals surface area contributed by atoms with Gasteiger partial charge in [-0.1, -0.05) is 54.2 Å². The summed E-state index contributed by atoms with van der Waals surface area (Å²) in [6.07, 6.45) is -4.75. The van der Waals surface area contributed by atoms with E-state index in [0.29, 0.717) is 10.9 Å². The zero-order valence-electron chi connectivity index (χ0n) is 16.8. The van der Waals surface area contributed by atoms with Crippen LogP contribution in [0.2, 0.25) is 0 Å². The van der Waals surface area contributed by atoms with E-state index in [1.54, 1.807) is 0 Å². The Kier molecular flexibility index (Phi) is 5.35. The van der Waals surface area contributed by atoms with E-state index >= 15 is 0 Å². The number of anilines is 1. The van der Waals surface area contributed by atoms with E-state index in [2.05, 4.69) is 15.0 Å². The number of benzene rings is 2. The van der Waals surface area contributed by atoms with E-state index < -0.39 is 36.7 Å². The first kappa shape index (κ1) is 20.9. The maximum absolute atomic E-state index is 12.4. The van der Waals surface area contributed by atoms with Gasteiger partial charge in [-0.25, -0.2) is 4.98 Å². The van der Waals surface area contributed by atoms with Crippen LogP contribution in [0, 0.1) is 0 Å². The first-order valence-corrected chi connectivity index (χ1v) is 11.0. The highest BCUT2D eigenvalue weighted by Gasteiger charge is 2.45. The summed E-state index contributed by atoms with van der Waals surface area (Å²) in [4.78, 5) is 23.5. The fourth-order valence-electron chi connectivity index (χ4n) is 3.97. The second kappa shape index (κ2) is 8.19. The third-order valence-corrected chi connectivity index (χ3v) is 6.55. The van der Waals surface area contributed by atoms with Gasteiger partial charge in [0, 0.05) is 5.75 Å². The van der Waals surface area contributed by atoms with Gasteiger partial charge in [-0.05, 0) is 16.3 Å². The van der Waals surface area contributed by atoms with Crippen LogP contribution in [-0.4, -0.2) is 59.8 Å². The monoisotopic (exact) mass is 455 g/mol. The molecule has 0 aliphatic carbocycles. The molecule has 3 heterocycles. The number of H-pyrrole nitrogens is 1. The molecule has 4 unspecified atom stereocenters. The lowest BCUT2D eigenvalue weighted by molar-refractivity contribution is -0.0548. The molecule has 1 aliphatic rings. The summed E-state index contributed by atoms with van der Waals surface area (Å²) in [5.41, 5.74) is 6.44. The van der Waals surface area contributed by atoms with Crippen molar-refractivity contribution in [1.29, 1.82) is 0 Å². The maximum Gasteiger partial charge on any atom is 0.280 e. The minimum atomic E-state index is -1.36. The minimum absolute atomic E-state index is 0.0392. The zero-order chi connectivity index (χ0) is 22.4. The Morgan fingerprint density at radius 3 is 2.69 bits per heavy atom. The number of nitrogen functional groups attached to an aromatic ring is 1. The predicted octanol–water partition coefficient (Wildman–Crippen LogP) is 0.759. The topological polar surface area (TPSA) is 160 Å². The Bertz CT molecular complexity index is 1350. The smallest absolute Gasteiger partial charge is 0.280 e. The van der Waals surface area contributed by atoms with Crippen LogP contribution in [0.4, 0.5) is 5.95 Å². The molecule has 0 bridgehead atoms. The van der Waals surface area contributed by atoms with Crippen LogP contribution >= 0.6 is 11.8 Å². The molecule has 5 rings (SSSR count). The van der Waals surface area contributed by atoms with E-state index in [9.17, 15) is 20.1 Å².